The van der Waals surface area contributed by atoms with E-state index in [4.69, 9.17) is 23.2 Å². The summed E-state index contributed by atoms with van der Waals surface area (Å²) in [6, 6.07) is 14.7. The maximum Gasteiger partial charge on any atom is 0.224 e. The predicted molar refractivity (Wildman–Crippen MR) is 79.8 cm³/mol. The fourth-order valence-corrected chi connectivity index (χ4v) is 2.03. The van der Waals surface area contributed by atoms with Crippen LogP contribution in [0.5, 0.6) is 0 Å². The normalized spacial score (nSPS) is 10.3. The molecular formula is C15H13Cl2NO. The lowest BCUT2D eigenvalue weighted by atomic mass is 10.2. The van der Waals surface area contributed by atoms with E-state index in [1.807, 2.05) is 36.4 Å². The molecule has 0 heterocycles. The SMILES string of the molecule is CC(=O)N(Cc1ccc(Cl)cc1)c1ccc(Cl)cc1. The van der Waals surface area contributed by atoms with Crippen LogP contribution in [0.4, 0.5) is 5.69 Å². The molecule has 0 atom stereocenters. The van der Waals surface area contributed by atoms with E-state index in [1.165, 1.54) is 0 Å². The summed E-state index contributed by atoms with van der Waals surface area (Å²) < 4.78 is 0. The Morgan fingerprint density at radius 1 is 0.947 bits per heavy atom. The van der Waals surface area contributed by atoms with Crippen LogP contribution in [0, 0.1) is 0 Å². The first-order valence-electron chi connectivity index (χ1n) is 5.84. The number of nitrogens with zero attached hydrogens (tertiary/aromatic N) is 1. The van der Waals surface area contributed by atoms with Crippen LogP contribution < -0.4 is 4.90 Å². The second-order valence-electron chi connectivity index (χ2n) is 4.21. The van der Waals surface area contributed by atoms with Crippen molar-refractivity contribution in [2.24, 2.45) is 0 Å². The molecule has 0 unspecified atom stereocenters. The van der Waals surface area contributed by atoms with Gasteiger partial charge in [0.05, 0.1) is 6.54 Å². The summed E-state index contributed by atoms with van der Waals surface area (Å²) in [4.78, 5) is 13.5. The molecule has 0 aliphatic heterocycles. The van der Waals surface area contributed by atoms with Gasteiger partial charge >= 0.3 is 0 Å². The maximum absolute atomic E-state index is 11.8. The smallest absolute Gasteiger partial charge is 0.224 e. The highest BCUT2D eigenvalue weighted by Crippen LogP contribution is 2.21. The van der Waals surface area contributed by atoms with Crippen molar-refractivity contribution in [2.75, 3.05) is 4.90 Å². The summed E-state index contributed by atoms with van der Waals surface area (Å²) >= 11 is 11.7. The number of hydrogen-bond donors (Lipinski definition) is 0. The zero-order valence-electron chi connectivity index (χ0n) is 10.4. The first kappa shape index (κ1) is 13.9. The first-order chi connectivity index (χ1) is 9.06. The van der Waals surface area contributed by atoms with E-state index in [0.717, 1.165) is 11.3 Å². The van der Waals surface area contributed by atoms with Crippen LogP contribution in [0.1, 0.15) is 12.5 Å². The molecule has 2 nitrogen and oxygen atoms in total. The monoisotopic (exact) mass is 293 g/mol. The van der Waals surface area contributed by atoms with Crippen molar-refractivity contribution in [1.82, 2.24) is 0 Å². The molecule has 19 heavy (non-hydrogen) atoms. The molecule has 0 N–H and O–H groups in total. The minimum Gasteiger partial charge on any atom is -0.308 e. The molecule has 0 fully saturated rings. The molecular weight excluding hydrogens is 281 g/mol. The van der Waals surface area contributed by atoms with Gasteiger partial charge in [-0.1, -0.05) is 35.3 Å². The van der Waals surface area contributed by atoms with Gasteiger partial charge in [-0.3, -0.25) is 4.79 Å². The highest BCUT2D eigenvalue weighted by molar-refractivity contribution is 6.30. The third-order valence-corrected chi connectivity index (χ3v) is 3.28. The zero-order valence-corrected chi connectivity index (χ0v) is 11.9. The van der Waals surface area contributed by atoms with E-state index in [1.54, 1.807) is 24.0 Å². The lowest BCUT2D eigenvalue weighted by Crippen LogP contribution is -2.27. The van der Waals surface area contributed by atoms with Gasteiger partial charge in [0.25, 0.3) is 0 Å². The Labute approximate surface area is 122 Å². The molecule has 2 aromatic rings. The molecule has 1 amide bonds. The van der Waals surface area contributed by atoms with Gasteiger partial charge in [-0.15, -0.1) is 0 Å². The third kappa shape index (κ3) is 3.72. The second kappa shape index (κ2) is 6.09. The highest BCUT2D eigenvalue weighted by atomic mass is 35.5. The van der Waals surface area contributed by atoms with Crippen molar-refractivity contribution in [3.8, 4) is 0 Å². The Bertz CT molecular complexity index is 564. The van der Waals surface area contributed by atoms with Gasteiger partial charge in [-0.25, -0.2) is 0 Å². The summed E-state index contributed by atoms with van der Waals surface area (Å²) in [5.74, 6) is -0.0164. The van der Waals surface area contributed by atoms with Crippen LogP contribution in [-0.2, 0) is 11.3 Å². The largest absolute Gasteiger partial charge is 0.308 e. The van der Waals surface area contributed by atoms with Gasteiger partial charge in [-0.2, -0.15) is 0 Å². The third-order valence-electron chi connectivity index (χ3n) is 2.77. The van der Waals surface area contributed by atoms with Gasteiger partial charge in [0, 0.05) is 22.7 Å². The number of carbonyl (C=O) groups is 1. The number of carbonyl (C=O) groups excluding carboxylic acids is 1. The lowest BCUT2D eigenvalue weighted by Gasteiger charge is -2.21. The number of halogens is 2. The molecule has 2 rings (SSSR count). The van der Waals surface area contributed by atoms with Crippen LogP contribution >= 0.6 is 23.2 Å². The van der Waals surface area contributed by atoms with E-state index in [9.17, 15) is 4.79 Å². The molecule has 0 aliphatic rings. The Hall–Kier alpha value is -1.51. The summed E-state index contributed by atoms with van der Waals surface area (Å²) in [5, 5.41) is 1.34. The predicted octanol–water partition coefficient (Wildman–Crippen LogP) is 4.55. The second-order valence-corrected chi connectivity index (χ2v) is 5.08. The Morgan fingerprint density at radius 3 is 1.89 bits per heavy atom. The summed E-state index contributed by atoms with van der Waals surface area (Å²) in [6.45, 7) is 2.05. The summed E-state index contributed by atoms with van der Waals surface area (Å²) in [5.41, 5.74) is 1.85. The number of hydrogen-bond acceptors (Lipinski definition) is 1. The fraction of sp³-hybridized carbons (Fsp3) is 0.133. The van der Waals surface area contributed by atoms with Crippen molar-refractivity contribution in [3.63, 3.8) is 0 Å². The average molecular weight is 294 g/mol. The van der Waals surface area contributed by atoms with E-state index in [-0.39, 0.29) is 5.91 Å². The van der Waals surface area contributed by atoms with Gasteiger partial charge < -0.3 is 4.90 Å². The molecule has 2 aromatic carbocycles. The number of amides is 1. The highest BCUT2D eigenvalue weighted by Gasteiger charge is 2.11. The number of rotatable bonds is 3. The van der Waals surface area contributed by atoms with Crippen LogP contribution in [0.25, 0.3) is 0 Å². The van der Waals surface area contributed by atoms with Crippen molar-refractivity contribution >= 4 is 34.8 Å². The van der Waals surface area contributed by atoms with Crippen LogP contribution in [0.3, 0.4) is 0 Å². The Kier molecular flexibility index (Phi) is 4.46. The van der Waals surface area contributed by atoms with Gasteiger partial charge in [0.15, 0.2) is 0 Å². The van der Waals surface area contributed by atoms with Crippen LogP contribution in [0.15, 0.2) is 48.5 Å². The molecule has 0 spiro atoms. The topological polar surface area (TPSA) is 20.3 Å². The molecule has 0 saturated carbocycles. The Balaban J connectivity index is 2.23. The zero-order chi connectivity index (χ0) is 13.8. The van der Waals surface area contributed by atoms with Crippen LogP contribution in [-0.4, -0.2) is 5.91 Å². The standard InChI is InChI=1S/C15H13Cl2NO/c1-11(19)18(15-8-6-14(17)7-9-15)10-12-2-4-13(16)5-3-12/h2-9H,10H2,1H3. The van der Waals surface area contributed by atoms with Crippen molar-refractivity contribution in [3.05, 3.63) is 64.1 Å². The molecule has 0 aromatic heterocycles. The average Bonchev–Trinajstić information content (AvgIpc) is 2.39. The van der Waals surface area contributed by atoms with E-state index >= 15 is 0 Å². The Morgan fingerprint density at radius 2 is 1.42 bits per heavy atom. The molecule has 0 bridgehead atoms. The van der Waals surface area contributed by atoms with Crippen molar-refractivity contribution in [1.29, 1.82) is 0 Å². The van der Waals surface area contributed by atoms with Crippen molar-refractivity contribution < 1.29 is 4.79 Å². The molecule has 4 heteroatoms. The first-order valence-corrected chi connectivity index (χ1v) is 6.60. The number of anilines is 1. The minimum atomic E-state index is -0.0164. The summed E-state index contributed by atoms with van der Waals surface area (Å²) in [7, 11) is 0. The molecule has 0 radical (unpaired) electrons. The maximum atomic E-state index is 11.8. The summed E-state index contributed by atoms with van der Waals surface area (Å²) in [6.07, 6.45) is 0. The molecule has 0 aliphatic carbocycles. The van der Waals surface area contributed by atoms with Gasteiger partial charge in [-0.05, 0) is 42.0 Å². The van der Waals surface area contributed by atoms with Crippen molar-refractivity contribution in [2.45, 2.75) is 13.5 Å². The lowest BCUT2D eigenvalue weighted by molar-refractivity contribution is -0.116. The minimum absolute atomic E-state index is 0.0164. The van der Waals surface area contributed by atoms with E-state index < -0.39 is 0 Å². The number of benzene rings is 2. The quantitative estimate of drug-likeness (QED) is 0.813. The van der Waals surface area contributed by atoms with Gasteiger partial charge in [0.1, 0.15) is 0 Å². The molecule has 98 valence electrons. The van der Waals surface area contributed by atoms with E-state index in [2.05, 4.69) is 0 Å². The van der Waals surface area contributed by atoms with Crippen LogP contribution in [0.2, 0.25) is 10.0 Å². The fourth-order valence-electron chi connectivity index (χ4n) is 1.78. The molecule has 0 saturated heterocycles. The van der Waals surface area contributed by atoms with Gasteiger partial charge in [0.2, 0.25) is 5.91 Å². The van der Waals surface area contributed by atoms with E-state index in [0.29, 0.717) is 16.6 Å².